The number of aromatic nitrogens is 2. The fraction of sp³-hybridized carbons (Fsp3) is 0.636. The molecule has 0 atom stereocenters. The first-order valence-corrected chi connectivity index (χ1v) is 7.87. The van der Waals surface area contributed by atoms with Crippen LogP contribution in [0, 0.1) is 0 Å². The summed E-state index contributed by atoms with van der Waals surface area (Å²) in [4.78, 5) is 3.87. The van der Waals surface area contributed by atoms with Crippen LogP contribution in [0.5, 0.6) is 0 Å². The lowest BCUT2D eigenvalue weighted by atomic mass is 9.93. The predicted molar refractivity (Wildman–Crippen MR) is 74.9 cm³/mol. The topological polar surface area (TPSA) is 123 Å². The van der Waals surface area contributed by atoms with E-state index in [0.717, 1.165) is 0 Å². The van der Waals surface area contributed by atoms with E-state index in [1.165, 1.54) is 12.5 Å². The molecule has 0 bridgehead atoms. The summed E-state index contributed by atoms with van der Waals surface area (Å²) >= 11 is 0. The molecule has 0 unspecified atom stereocenters. The fourth-order valence-corrected chi connectivity index (χ4v) is 3.34. The fourth-order valence-electron chi connectivity index (χ4n) is 1.87. The second kappa shape index (κ2) is 6.23. The Morgan fingerprint density at radius 2 is 2.10 bits per heavy atom. The molecule has 1 aromatic heterocycles. The summed E-state index contributed by atoms with van der Waals surface area (Å²) in [6.45, 7) is 6.02. The average molecular weight is 303 g/mol. The van der Waals surface area contributed by atoms with Crippen molar-refractivity contribution in [2.45, 2.75) is 50.7 Å². The molecule has 0 amide bonds. The van der Waals surface area contributed by atoms with Crippen LogP contribution in [0.1, 0.15) is 33.6 Å². The standard InChI is InChI=1S/C11H21N5O3S/c1-4-11(5-2,10(12)14-17)15-20(18,19)9-7-16(6-3)8-13-9/h7-8,15,17H,4-6H2,1-3H3,(H2,12,14). The first-order valence-electron chi connectivity index (χ1n) is 6.39. The molecule has 1 rings (SSSR count). The Hall–Kier alpha value is -1.61. The molecule has 0 spiro atoms. The maximum Gasteiger partial charge on any atom is 0.260 e. The van der Waals surface area contributed by atoms with E-state index in [1.54, 1.807) is 18.4 Å². The highest BCUT2D eigenvalue weighted by atomic mass is 32.2. The number of rotatable bonds is 7. The minimum absolute atomic E-state index is 0.0867. The molecule has 114 valence electrons. The first kappa shape index (κ1) is 16.4. The number of nitrogens with zero attached hydrogens (tertiary/aromatic N) is 3. The molecule has 8 nitrogen and oxygen atoms in total. The van der Waals surface area contributed by atoms with Gasteiger partial charge in [0.15, 0.2) is 10.9 Å². The van der Waals surface area contributed by atoms with Crippen LogP contribution >= 0.6 is 0 Å². The van der Waals surface area contributed by atoms with Gasteiger partial charge in [0.1, 0.15) is 0 Å². The maximum absolute atomic E-state index is 12.3. The van der Waals surface area contributed by atoms with Crippen LogP contribution in [0.2, 0.25) is 0 Å². The Kier molecular flexibility index (Phi) is 5.12. The van der Waals surface area contributed by atoms with E-state index in [2.05, 4.69) is 14.9 Å². The van der Waals surface area contributed by atoms with E-state index in [9.17, 15) is 8.42 Å². The Labute approximate surface area is 118 Å². The number of nitrogens with two attached hydrogens (primary N) is 1. The minimum atomic E-state index is -3.84. The number of amidine groups is 1. The molecule has 0 radical (unpaired) electrons. The van der Waals surface area contributed by atoms with Crippen LogP contribution < -0.4 is 10.5 Å². The lowest BCUT2D eigenvalue weighted by molar-refractivity contribution is 0.307. The summed E-state index contributed by atoms with van der Waals surface area (Å²) in [5.74, 6) is -0.166. The molecule has 20 heavy (non-hydrogen) atoms. The van der Waals surface area contributed by atoms with Crippen molar-refractivity contribution in [3.05, 3.63) is 12.5 Å². The van der Waals surface area contributed by atoms with Gasteiger partial charge in [-0.15, -0.1) is 0 Å². The van der Waals surface area contributed by atoms with Crippen molar-refractivity contribution in [1.29, 1.82) is 0 Å². The van der Waals surface area contributed by atoms with Crippen LogP contribution in [-0.4, -0.2) is 34.6 Å². The van der Waals surface area contributed by atoms with Gasteiger partial charge in [0.25, 0.3) is 10.0 Å². The van der Waals surface area contributed by atoms with Crippen LogP contribution in [0.4, 0.5) is 0 Å². The Morgan fingerprint density at radius 1 is 1.50 bits per heavy atom. The van der Waals surface area contributed by atoms with Crippen LogP contribution in [0.25, 0.3) is 0 Å². The smallest absolute Gasteiger partial charge is 0.260 e. The predicted octanol–water partition coefficient (Wildman–Crippen LogP) is 0.487. The third-order valence-corrected chi connectivity index (χ3v) is 4.81. The molecule has 1 aromatic rings. The van der Waals surface area contributed by atoms with Crippen molar-refractivity contribution in [3.63, 3.8) is 0 Å². The van der Waals surface area contributed by atoms with Gasteiger partial charge >= 0.3 is 0 Å². The lowest BCUT2D eigenvalue weighted by Gasteiger charge is -2.30. The van der Waals surface area contributed by atoms with E-state index >= 15 is 0 Å². The van der Waals surface area contributed by atoms with Gasteiger partial charge in [-0.1, -0.05) is 19.0 Å². The van der Waals surface area contributed by atoms with Crippen molar-refractivity contribution in [1.82, 2.24) is 14.3 Å². The van der Waals surface area contributed by atoms with E-state index < -0.39 is 15.6 Å². The first-order chi connectivity index (χ1) is 9.35. The molecular formula is C11H21N5O3S. The molecule has 0 aliphatic heterocycles. The summed E-state index contributed by atoms with van der Waals surface area (Å²) in [6.07, 6.45) is 3.59. The largest absolute Gasteiger partial charge is 0.409 e. The number of imidazole rings is 1. The highest BCUT2D eigenvalue weighted by Crippen LogP contribution is 2.19. The normalized spacial score (nSPS) is 13.7. The number of hydrogen-bond donors (Lipinski definition) is 3. The highest BCUT2D eigenvalue weighted by Gasteiger charge is 2.37. The molecule has 9 heteroatoms. The summed E-state index contributed by atoms with van der Waals surface area (Å²) in [7, 11) is -3.84. The molecule has 0 aromatic carbocycles. The summed E-state index contributed by atoms with van der Waals surface area (Å²) < 4.78 is 28.8. The van der Waals surface area contributed by atoms with Gasteiger partial charge in [-0.25, -0.2) is 13.4 Å². The Balaban J connectivity index is 3.15. The van der Waals surface area contributed by atoms with Gasteiger partial charge in [-0.3, -0.25) is 0 Å². The molecule has 1 heterocycles. The molecule has 0 fully saturated rings. The quantitative estimate of drug-likeness (QED) is 0.293. The second-order valence-electron chi connectivity index (χ2n) is 4.42. The second-order valence-corrected chi connectivity index (χ2v) is 6.05. The van der Waals surface area contributed by atoms with Crippen LogP contribution in [0.3, 0.4) is 0 Å². The summed E-state index contributed by atoms with van der Waals surface area (Å²) in [5, 5.41) is 11.7. The molecule has 4 N–H and O–H groups in total. The summed E-state index contributed by atoms with van der Waals surface area (Å²) in [6, 6.07) is 0. The number of nitrogens with one attached hydrogen (secondary N) is 1. The zero-order valence-corrected chi connectivity index (χ0v) is 12.7. The lowest BCUT2D eigenvalue weighted by Crippen LogP contribution is -2.56. The van der Waals surface area contributed by atoms with Crippen molar-refractivity contribution >= 4 is 15.9 Å². The molecular weight excluding hydrogens is 282 g/mol. The van der Waals surface area contributed by atoms with Crippen LogP contribution in [-0.2, 0) is 16.6 Å². The van der Waals surface area contributed by atoms with E-state index in [-0.39, 0.29) is 10.9 Å². The third kappa shape index (κ3) is 3.10. The van der Waals surface area contributed by atoms with Gasteiger partial charge in [-0.2, -0.15) is 4.72 Å². The van der Waals surface area contributed by atoms with Gasteiger partial charge in [-0.05, 0) is 19.8 Å². The number of oxime groups is 1. The average Bonchev–Trinajstić information content (AvgIpc) is 2.93. The third-order valence-electron chi connectivity index (χ3n) is 3.38. The minimum Gasteiger partial charge on any atom is -0.409 e. The summed E-state index contributed by atoms with van der Waals surface area (Å²) in [5.41, 5.74) is 4.52. The monoisotopic (exact) mass is 303 g/mol. The van der Waals surface area contributed by atoms with Crippen LogP contribution in [0.15, 0.2) is 22.7 Å². The Bertz CT molecular complexity index is 575. The molecule has 0 aliphatic carbocycles. The van der Waals surface area contributed by atoms with E-state index in [1.807, 2.05) is 6.92 Å². The van der Waals surface area contributed by atoms with Crippen molar-refractivity contribution in [2.75, 3.05) is 0 Å². The molecule has 0 saturated carbocycles. The number of hydrogen-bond acceptors (Lipinski definition) is 5. The SMILES string of the molecule is CCn1cnc(S(=O)(=O)NC(CC)(CC)C(N)=NO)c1. The molecule has 0 saturated heterocycles. The number of sulfonamides is 1. The van der Waals surface area contributed by atoms with Gasteiger partial charge in [0, 0.05) is 12.7 Å². The number of aryl methyl sites for hydroxylation is 1. The zero-order valence-electron chi connectivity index (χ0n) is 11.9. The zero-order chi connectivity index (χ0) is 15.4. The van der Waals surface area contributed by atoms with Crippen molar-refractivity contribution in [3.8, 4) is 0 Å². The van der Waals surface area contributed by atoms with E-state index in [0.29, 0.717) is 19.4 Å². The van der Waals surface area contributed by atoms with Gasteiger partial charge in [0.2, 0.25) is 0 Å². The van der Waals surface area contributed by atoms with E-state index in [4.69, 9.17) is 10.9 Å². The van der Waals surface area contributed by atoms with Gasteiger partial charge in [0.05, 0.1) is 11.9 Å². The van der Waals surface area contributed by atoms with Crippen molar-refractivity contribution < 1.29 is 13.6 Å². The Morgan fingerprint density at radius 3 is 2.50 bits per heavy atom. The maximum atomic E-state index is 12.3. The highest BCUT2D eigenvalue weighted by molar-refractivity contribution is 7.89. The van der Waals surface area contributed by atoms with Crippen molar-refractivity contribution in [2.24, 2.45) is 10.9 Å². The molecule has 0 aliphatic rings. The van der Waals surface area contributed by atoms with Gasteiger partial charge < -0.3 is 15.5 Å².